The Morgan fingerprint density at radius 3 is 2.71 bits per heavy atom. The van der Waals surface area contributed by atoms with E-state index >= 15 is 0 Å². The van der Waals surface area contributed by atoms with Crippen LogP contribution in [0, 0.1) is 4.77 Å². The van der Waals surface area contributed by atoms with Crippen LogP contribution in [0.4, 0.5) is 5.95 Å². The Balaban J connectivity index is 1.40. The first-order chi connectivity index (χ1) is 11.8. The fourth-order valence-electron chi connectivity index (χ4n) is 2.85. The zero-order valence-corrected chi connectivity index (χ0v) is 14.7. The molecule has 7 nitrogen and oxygen atoms in total. The first kappa shape index (κ1) is 15.4. The molecule has 1 saturated heterocycles. The van der Waals surface area contributed by atoms with Gasteiger partial charge in [-0.25, -0.2) is 14.6 Å². The second kappa shape index (κ2) is 6.80. The lowest BCUT2D eigenvalue weighted by Crippen LogP contribution is -3.14. The maximum Gasteiger partial charge on any atom is 0.225 e. The van der Waals surface area contributed by atoms with E-state index in [1.807, 2.05) is 28.3 Å². The summed E-state index contributed by atoms with van der Waals surface area (Å²) in [6, 6.07) is 5.91. The monoisotopic (exact) mass is 360 g/mol. The molecular formula is C15H18N7S2+. The van der Waals surface area contributed by atoms with E-state index in [0.717, 1.165) is 49.5 Å². The molecule has 0 unspecified atom stereocenters. The predicted octanol–water partition coefficient (Wildman–Crippen LogP) is 0.822. The highest BCUT2D eigenvalue weighted by Crippen LogP contribution is 2.20. The molecule has 0 bridgehead atoms. The number of nitrogens with one attached hydrogen (secondary N) is 2. The fourth-order valence-corrected chi connectivity index (χ4v) is 3.71. The molecule has 0 atom stereocenters. The molecule has 1 fully saturated rings. The molecule has 0 aromatic carbocycles. The molecule has 9 heteroatoms. The summed E-state index contributed by atoms with van der Waals surface area (Å²) in [6.07, 6.45) is 3.58. The van der Waals surface area contributed by atoms with Crippen molar-refractivity contribution in [3.8, 4) is 10.7 Å². The highest BCUT2D eigenvalue weighted by Gasteiger charge is 2.22. The SMILES string of the molecule is S=c1nc(-c2cccs2)[nH]n1C[NH+]1CCN(c2ncccn2)CC1. The molecule has 124 valence electrons. The highest BCUT2D eigenvalue weighted by molar-refractivity contribution is 7.71. The van der Waals surface area contributed by atoms with Crippen LogP contribution in [0.15, 0.2) is 36.0 Å². The van der Waals surface area contributed by atoms with Crippen LogP contribution in [0.2, 0.25) is 0 Å². The predicted molar refractivity (Wildman–Crippen MR) is 95.7 cm³/mol. The Kier molecular flexibility index (Phi) is 4.37. The number of quaternary nitrogens is 1. The van der Waals surface area contributed by atoms with E-state index in [-0.39, 0.29) is 0 Å². The van der Waals surface area contributed by atoms with Gasteiger partial charge >= 0.3 is 0 Å². The van der Waals surface area contributed by atoms with Crippen molar-refractivity contribution in [2.45, 2.75) is 6.67 Å². The third kappa shape index (κ3) is 3.23. The van der Waals surface area contributed by atoms with Crippen LogP contribution in [0.1, 0.15) is 0 Å². The maximum absolute atomic E-state index is 5.40. The molecule has 24 heavy (non-hydrogen) atoms. The van der Waals surface area contributed by atoms with E-state index in [0.29, 0.717) is 4.77 Å². The summed E-state index contributed by atoms with van der Waals surface area (Å²) in [6.45, 7) is 4.73. The number of anilines is 1. The minimum absolute atomic E-state index is 0.611. The van der Waals surface area contributed by atoms with Crippen LogP contribution >= 0.6 is 23.6 Å². The summed E-state index contributed by atoms with van der Waals surface area (Å²) in [7, 11) is 0. The van der Waals surface area contributed by atoms with Crippen LogP contribution in [-0.4, -0.2) is 50.9 Å². The maximum atomic E-state index is 5.40. The quantitative estimate of drug-likeness (QED) is 0.675. The molecule has 0 aliphatic carbocycles. The van der Waals surface area contributed by atoms with Crippen molar-refractivity contribution in [1.29, 1.82) is 0 Å². The van der Waals surface area contributed by atoms with Crippen LogP contribution < -0.4 is 9.80 Å². The lowest BCUT2D eigenvalue weighted by molar-refractivity contribution is -0.924. The smallest absolute Gasteiger partial charge is 0.225 e. The van der Waals surface area contributed by atoms with Gasteiger partial charge in [0, 0.05) is 12.4 Å². The van der Waals surface area contributed by atoms with Crippen LogP contribution in [-0.2, 0) is 6.67 Å². The van der Waals surface area contributed by atoms with Crippen molar-refractivity contribution in [1.82, 2.24) is 24.7 Å². The number of thiophene rings is 1. The van der Waals surface area contributed by atoms with Gasteiger partial charge in [0.1, 0.15) is 0 Å². The van der Waals surface area contributed by atoms with E-state index in [1.54, 1.807) is 23.7 Å². The summed E-state index contributed by atoms with van der Waals surface area (Å²) in [4.78, 5) is 17.9. The van der Waals surface area contributed by atoms with Gasteiger partial charge in [-0.2, -0.15) is 4.98 Å². The van der Waals surface area contributed by atoms with Crippen molar-refractivity contribution in [3.05, 3.63) is 40.7 Å². The standard InChI is InChI=1S/C15H17N7S2/c23-15-18-13(12-3-1-10-24-12)19-22(15)11-20-6-8-21(9-7-20)14-16-4-2-5-17-14/h1-5,10H,6-9,11H2,(H,18,19,23)/p+1. The van der Waals surface area contributed by atoms with Gasteiger partial charge in [0.2, 0.25) is 10.7 Å². The van der Waals surface area contributed by atoms with Gasteiger partial charge in [0.25, 0.3) is 0 Å². The first-order valence-electron chi connectivity index (χ1n) is 7.86. The van der Waals surface area contributed by atoms with Crippen molar-refractivity contribution in [2.75, 3.05) is 31.1 Å². The fraction of sp³-hybridized carbons (Fsp3) is 0.333. The molecule has 1 aliphatic heterocycles. The summed E-state index contributed by atoms with van der Waals surface area (Å²) >= 11 is 7.06. The van der Waals surface area contributed by atoms with E-state index in [4.69, 9.17) is 12.2 Å². The summed E-state index contributed by atoms with van der Waals surface area (Å²) in [5.41, 5.74) is 0. The number of aromatic nitrogens is 5. The number of aromatic amines is 1. The van der Waals surface area contributed by atoms with Crippen LogP contribution in [0.3, 0.4) is 0 Å². The number of nitrogens with zero attached hydrogens (tertiary/aromatic N) is 5. The Hall–Kier alpha value is -2.10. The second-order valence-corrected chi connectivity index (χ2v) is 7.02. The third-order valence-electron chi connectivity index (χ3n) is 4.12. The van der Waals surface area contributed by atoms with Gasteiger partial charge in [0.05, 0.1) is 31.1 Å². The third-order valence-corrected chi connectivity index (χ3v) is 5.31. The number of piperazine rings is 1. The zero-order chi connectivity index (χ0) is 16.4. The molecule has 2 N–H and O–H groups in total. The lowest BCUT2D eigenvalue weighted by Gasteiger charge is -2.31. The van der Waals surface area contributed by atoms with E-state index in [2.05, 4.69) is 25.0 Å². The van der Waals surface area contributed by atoms with Crippen LogP contribution in [0.5, 0.6) is 0 Å². The summed E-state index contributed by atoms with van der Waals surface area (Å²) in [5.74, 6) is 1.67. The Morgan fingerprint density at radius 1 is 1.21 bits per heavy atom. The largest absolute Gasteiger partial charge is 0.330 e. The molecule has 0 radical (unpaired) electrons. The van der Waals surface area contributed by atoms with Gasteiger partial charge in [-0.05, 0) is 29.7 Å². The molecule has 3 aromatic heterocycles. The van der Waals surface area contributed by atoms with Gasteiger partial charge in [-0.15, -0.1) is 11.3 Å². The Bertz CT molecular complexity index is 832. The van der Waals surface area contributed by atoms with Crippen molar-refractivity contribution < 1.29 is 4.90 Å². The molecule has 4 heterocycles. The average molecular weight is 360 g/mol. The Morgan fingerprint density at radius 2 is 2.00 bits per heavy atom. The number of H-pyrrole nitrogens is 1. The molecule has 1 aliphatic rings. The molecular weight excluding hydrogens is 342 g/mol. The normalized spacial score (nSPS) is 15.8. The van der Waals surface area contributed by atoms with E-state index in [9.17, 15) is 0 Å². The van der Waals surface area contributed by atoms with Crippen LogP contribution in [0.25, 0.3) is 10.7 Å². The highest BCUT2D eigenvalue weighted by atomic mass is 32.1. The average Bonchev–Trinajstić information content (AvgIpc) is 3.27. The summed E-state index contributed by atoms with van der Waals surface area (Å²) < 4.78 is 2.58. The zero-order valence-electron chi connectivity index (χ0n) is 13.1. The van der Waals surface area contributed by atoms with Crippen molar-refractivity contribution in [3.63, 3.8) is 0 Å². The molecule has 4 rings (SSSR count). The lowest BCUT2D eigenvalue weighted by atomic mass is 10.3. The second-order valence-electron chi connectivity index (χ2n) is 5.70. The molecule has 0 spiro atoms. The van der Waals surface area contributed by atoms with Gasteiger partial charge in [-0.1, -0.05) is 6.07 Å². The molecule has 3 aromatic rings. The number of rotatable bonds is 4. The number of hydrogen-bond donors (Lipinski definition) is 2. The number of hydrogen-bond acceptors (Lipinski definition) is 6. The van der Waals surface area contributed by atoms with Gasteiger partial charge in [0.15, 0.2) is 12.5 Å². The first-order valence-corrected chi connectivity index (χ1v) is 9.14. The minimum Gasteiger partial charge on any atom is -0.330 e. The molecule has 0 amide bonds. The van der Waals surface area contributed by atoms with Crippen molar-refractivity contribution >= 4 is 29.5 Å². The van der Waals surface area contributed by atoms with E-state index in [1.165, 1.54) is 4.90 Å². The Labute approximate surface area is 148 Å². The topological polar surface area (TPSA) is 67.1 Å². The van der Waals surface area contributed by atoms with Gasteiger partial charge in [-0.3, -0.25) is 5.10 Å². The van der Waals surface area contributed by atoms with E-state index < -0.39 is 0 Å². The summed E-state index contributed by atoms with van der Waals surface area (Å²) in [5, 5.41) is 5.37. The van der Waals surface area contributed by atoms with Crippen molar-refractivity contribution in [2.24, 2.45) is 0 Å². The van der Waals surface area contributed by atoms with Gasteiger partial charge < -0.3 is 9.80 Å². The minimum atomic E-state index is 0.611. The molecule has 0 saturated carbocycles.